The van der Waals surface area contributed by atoms with Gasteiger partial charge in [-0.3, -0.25) is 0 Å². The van der Waals surface area contributed by atoms with E-state index < -0.39 is 24.1 Å². The van der Waals surface area contributed by atoms with Crippen LogP contribution in [-0.4, -0.2) is 74.0 Å². The first kappa shape index (κ1) is 25.3. The number of aliphatic hydroxyl groups excluding tert-OH is 2. The van der Waals surface area contributed by atoms with Gasteiger partial charge in [0.05, 0.1) is 25.9 Å². The molecule has 29 heavy (non-hydrogen) atoms. The maximum atomic E-state index is 10.9. The van der Waals surface area contributed by atoms with E-state index in [4.69, 9.17) is 18.9 Å². The minimum absolute atomic E-state index is 0.0997. The molecule has 0 heterocycles. The van der Waals surface area contributed by atoms with Gasteiger partial charge in [0.25, 0.3) is 0 Å². The van der Waals surface area contributed by atoms with Crippen molar-refractivity contribution in [2.45, 2.75) is 44.3 Å². The van der Waals surface area contributed by atoms with E-state index in [1.165, 1.54) is 0 Å². The largest absolute Gasteiger partial charge is 0.462 e. The second-order valence-corrected chi connectivity index (χ2v) is 7.26. The van der Waals surface area contributed by atoms with Crippen LogP contribution in [0.4, 0.5) is 0 Å². The molecule has 0 amide bonds. The van der Waals surface area contributed by atoms with Gasteiger partial charge in [0, 0.05) is 31.8 Å². The van der Waals surface area contributed by atoms with Crippen molar-refractivity contribution in [2.75, 3.05) is 39.6 Å². The zero-order chi connectivity index (χ0) is 21.5. The highest BCUT2D eigenvalue weighted by atomic mass is 16.5. The maximum absolute atomic E-state index is 10.9. The standard InChI is InChI=1S/C21H34O8/c1-3-20(24)28-10-9-18(22)13-26-11-16-5-7-17(8-6-16)12-27-14-19(23)15-29-21(25)4-2/h3-4,16-19,22-23H,1-2,5-15H2. The van der Waals surface area contributed by atoms with Crippen LogP contribution in [0.5, 0.6) is 0 Å². The number of ether oxygens (including phenoxy) is 4. The van der Waals surface area contributed by atoms with Gasteiger partial charge in [-0.05, 0) is 37.5 Å². The van der Waals surface area contributed by atoms with Crippen molar-refractivity contribution in [2.24, 2.45) is 11.8 Å². The molecule has 0 aromatic rings. The Balaban J connectivity index is 2.02. The van der Waals surface area contributed by atoms with Gasteiger partial charge in [-0.25, -0.2) is 9.59 Å². The Morgan fingerprint density at radius 1 is 0.828 bits per heavy atom. The lowest BCUT2D eigenvalue weighted by molar-refractivity contribution is -0.142. The van der Waals surface area contributed by atoms with Gasteiger partial charge in [-0.2, -0.15) is 0 Å². The highest BCUT2D eigenvalue weighted by Gasteiger charge is 2.22. The summed E-state index contributed by atoms with van der Waals surface area (Å²) in [4.78, 5) is 21.8. The Hall–Kier alpha value is -1.74. The highest BCUT2D eigenvalue weighted by Crippen LogP contribution is 2.29. The van der Waals surface area contributed by atoms with Crippen LogP contribution >= 0.6 is 0 Å². The van der Waals surface area contributed by atoms with Crippen molar-refractivity contribution in [1.29, 1.82) is 0 Å². The van der Waals surface area contributed by atoms with Gasteiger partial charge in [0.15, 0.2) is 0 Å². The summed E-state index contributed by atoms with van der Waals surface area (Å²) < 4.78 is 20.7. The normalized spacial score (nSPS) is 21.0. The van der Waals surface area contributed by atoms with Gasteiger partial charge in [0.2, 0.25) is 0 Å². The molecule has 1 aliphatic rings. The molecule has 0 aliphatic heterocycles. The topological polar surface area (TPSA) is 112 Å². The number of carbonyl (C=O) groups is 2. The molecule has 1 aliphatic carbocycles. The van der Waals surface area contributed by atoms with Crippen molar-refractivity contribution in [3.05, 3.63) is 25.3 Å². The number of carbonyl (C=O) groups excluding carboxylic acids is 2. The summed E-state index contributed by atoms with van der Waals surface area (Å²) in [5, 5.41) is 19.5. The molecule has 0 aromatic heterocycles. The van der Waals surface area contributed by atoms with E-state index in [0.29, 0.717) is 31.5 Å². The van der Waals surface area contributed by atoms with Crippen molar-refractivity contribution in [3.8, 4) is 0 Å². The smallest absolute Gasteiger partial charge is 0.330 e. The van der Waals surface area contributed by atoms with E-state index in [9.17, 15) is 19.8 Å². The second-order valence-electron chi connectivity index (χ2n) is 7.26. The Kier molecular flexibility index (Phi) is 13.2. The first-order chi connectivity index (χ1) is 13.9. The van der Waals surface area contributed by atoms with Crippen LogP contribution in [0, 0.1) is 11.8 Å². The Morgan fingerprint density at radius 3 is 1.83 bits per heavy atom. The molecule has 1 fully saturated rings. The van der Waals surface area contributed by atoms with E-state index in [-0.39, 0.29) is 26.4 Å². The molecule has 0 spiro atoms. The van der Waals surface area contributed by atoms with E-state index in [0.717, 1.165) is 37.8 Å². The lowest BCUT2D eigenvalue weighted by Gasteiger charge is -2.28. The molecule has 8 heteroatoms. The number of esters is 2. The van der Waals surface area contributed by atoms with Crippen LogP contribution in [-0.2, 0) is 28.5 Å². The number of hydrogen-bond donors (Lipinski definition) is 2. The minimum atomic E-state index is -0.838. The van der Waals surface area contributed by atoms with Gasteiger partial charge in [0.1, 0.15) is 12.7 Å². The van der Waals surface area contributed by atoms with Gasteiger partial charge in [-0.1, -0.05) is 13.2 Å². The predicted octanol–water partition coefficient (Wildman–Crippen LogP) is 1.40. The summed E-state index contributed by atoms with van der Waals surface area (Å²) in [6, 6.07) is 0. The van der Waals surface area contributed by atoms with Crippen LogP contribution in [0.2, 0.25) is 0 Å². The van der Waals surface area contributed by atoms with Gasteiger partial charge < -0.3 is 29.2 Å². The van der Waals surface area contributed by atoms with Crippen LogP contribution < -0.4 is 0 Å². The van der Waals surface area contributed by atoms with Crippen molar-refractivity contribution in [3.63, 3.8) is 0 Å². The third-order valence-corrected chi connectivity index (χ3v) is 4.74. The average molecular weight is 414 g/mol. The maximum Gasteiger partial charge on any atom is 0.330 e. The zero-order valence-electron chi connectivity index (χ0n) is 17.0. The second kappa shape index (κ2) is 15.1. The van der Waals surface area contributed by atoms with Gasteiger partial charge >= 0.3 is 11.9 Å². The van der Waals surface area contributed by atoms with Crippen molar-refractivity contribution in [1.82, 2.24) is 0 Å². The molecule has 166 valence electrons. The molecule has 0 radical (unpaired) electrons. The minimum Gasteiger partial charge on any atom is -0.462 e. The molecule has 0 bridgehead atoms. The van der Waals surface area contributed by atoms with Crippen molar-refractivity contribution >= 4 is 11.9 Å². The van der Waals surface area contributed by atoms with Crippen LogP contribution in [0.1, 0.15) is 32.1 Å². The fourth-order valence-electron chi connectivity index (χ4n) is 3.03. The summed E-state index contributed by atoms with van der Waals surface area (Å²) in [5.41, 5.74) is 0. The SMILES string of the molecule is C=CC(=O)OCCC(O)COCC1CCC(COCC(O)COC(=O)C=C)CC1. The number of aliphatic hydroxyl groups is 2. The van der Waals surface area contributed by atoms with E-state index in [2.05, 4.69) is 13.2 Å². The van der Waals surface area contributed by atoms with Crippen LogP contribution in [0.3, 0.4) is 0 Å². The quantitative estimate of drug-likeness (QED) is 0.306. The Bertz CT molecular complexity index is 499. The average Bonchev–Trinajstić information content (AvgIpc) is 2.72. The Morgan fingerprint density at radius 2 is 1.31 bits per heavy atom. The van der Waals surface area contributed by atoms with E-state index in [1.807, 2.05) is 0 Å². The summed E-state index contributed by atoms with van der Waals surface area (Å²) in [6.45, 7) is 8.17. The number of rotatable bonds is 15. The molecule has 1 rings (SSSR count). The molecular weight excluding hydrogens is 380 g/mol. The molecule has 0 saturated heterocycles. The molecule has 2 unspecified atom stereocenters. The lowest BCUT2D eigenvalue weighted by atomic mass is 9.83. The van der Waals surface area contributed by atoms with Crippen LogP contribution in [0.25, 0.3) is 0 Å². The molecule has 8 nitrogen and oxygen atoms in total. The molecule has 2 atom stereocenters. The molecule has 2 N–H and O–H groups in total. The highest BCUT2D eigenvalue weighted by molar-refractivity contribution is 5.81. The summed E-state index contributed by atoms with van der Waals surface area (Å²) >= 11 is 0. The van der Waals surface area contributed by atoms with E-state index in [1.54, 1.807) is 0 Å². The third kappa shape index (κ3) is 12.4. The molecule has 1 saturated carbocycles. The predicted molar refractivity (Wildman–Crippen MR) is 106 cm³/mol. The van der Waals surface area contributed by atoms with E-state index >= 15 is 0 Å². The molecular formula is C21H34O8. The lowest BCUT2D eigenvalue weighted by Crippen LogP contribution is -2.27. The third-order valence-electron chi connectivity index (χ3n) is 4.74. The van der Waals surface area contributed by atoms with Crippen LogP contribution in [0.15, 0.2) is 25.3 Å². The summed E-state index contributed by atoms with van der Waals surface area (Å²) in [7, 11) is 0. The monoisotopic (exact) mass is 414 g/mol. The first-order valence-corrected chi connectivity index (χ1v) is 10.0. The first-order valence-electron chi connectivity index (χ1n) is 10.0. The Labute approximate surface area is 172 Å². The summed E-state index contributed by atoms with van der Waals surface area (Å²) in [6.07, 6.45) is 5.09. The van der Waals surface area contributed by atoms with Gasteiger partial charge in [-0.15, -0.1) is 0 Å². The number of hydrogen-bond acceptors (Lipinski definition) is 8. The fourth-order valence-corrected chi connectivity index (χ4v) is 3.03. The molecule has 0 aromatic carbocycles. The zero-order valence-corrected chi connectivity index (χ0v) is 17.0. The fraction of sp³-hybridized carbons (Fsp3) is 0.714. The van der Waals surface area contributed by atoms with Crippen molar-refractivity contribution < 1.29 is 38.7 Å². The summed E-state index contributed by atoms with van der Waals surface area (Å²) in [5.74, 6) is -0.155.